The Kier molecular flexibility index (Phi) is 13.5. The topological polar surface area (TPSA) is 247 Å². The van der Waals surface area contributed by atoms with Crippen LogP contribution in [-0.4, -0.2) is 101 Å². The molecule has 3 unspecified atom stereocenters. The van der Waals surface area contributed by atoms with Crippen molar-refractivity contribution in [3.63, 3.8) is 0 Å². The summed E-state index contributed by atoms with van der Waals surface area (Å²) >= 11 is 0. The molecule has 1 aliphatic carbocycles. The van der Waals surface area contributed by atoms with Crippen molar-refractivity contribution in [1.82, 2.24) is 20.4 Å². The van der Waals surface area contributed by atoms with E-state index in [1.54, 1.807) is 46.2 Å². The molecule has 0 saturated heterocycles. The van der Waals surface area contributed by atoms with Gasteiger partial charge in [-0.05, 0) is 120 Å². The van der Waals surface area contributed by atoms with Gasteiger partial charge in [0.15, 0.2) is 11.9 Å². The molecule has 5 heterocycles. The van der Waals surface area contributed by atoms with E-state index in [1.165, 1.54) is 0 Å². The van der Waals surface area contributed by atoms with Gasteiger partial charge in [0.2, 0.25) is 5.91 Å². The highest BCUT2D eigenvalue weighted by molar-refractivity contribution is 6.00. The van der Waals surface area contributed by atoms with Crippen molar-refractivity contribution in [2.24, 2.45) is 33.3 Å². The Morgan fingerprint density at radius 3 is 1.87 bits per heavy atom. The standard InChI is InChI=1S/C60H76N8O9/c1-32(2)58(8)30-47(70)67(54(61)65-58)41-28-56(5,6)75-45-21-19-36(25-39(41)45)53(74)64-50-38-17-13-14-18-44(38)77-60(10,51(50)72)24-23-57(7)29-42(68-48(71)31-59(9,33(3)4)66-55(68)62)40-26-35(20-22-46(40)76-57)52(73)63-49-37-16-12-11-15-34(37)27-43(49)69/h11-22,25-26,32-33,41-43,48-51,69,71-72H,23-24,27-31H2,1-10H3,(H2,61,65)(H2,62,66)(H,63,73)(H,64,74)/t41-,42-,43-,48?,49-,50-,51+,57?,58+,59+,60?/m1/s1. The first-order valence-electron chi connectivity index (χ1n) is 27.2. The molecule has 77 heavy (non-hydrogen) atoms. The lowest BCUT2D eigenvalue weighted by Gasteiger charge is -2.50. The smallest absolute Gasteiger partial charge is 0.251 e. The molecule has 0 spiro atoms. The highest BCUT2D eigenvalue weighted by Gasteiger charge is 2.52. The van der Waals surface area contributed by atoms with Gasteiger partial charge < -0.3 is 56.5 Å². The van der Waals surface area contributed by atoms with Gasteiger partial charge in [0, 0.05) is 53.5 Å². The summed E-state index contributed by atoms with van der Waals surface area (Å²) in [5, 5.41) is 41.9. The number of hydrogen-bond acceptors (Lipinski definition) is 14. The van der Waals surface area contributed by atoms with Crippen LogP contribution < -0.4 is 36.3 Å². The quantitative estimate of drug-likeness (QED) is 0.0775. The second-order valence-electron chi connectivity index (χ2n) is 24.6. The van der Waals surface area contributed by atoms with Crippen LogP contribution in [0.15, 0.2) is 94.9 Å². The number of aliphatic imine (C=N–C) groups is 2. The number of nitrogens with two attached hydrogens (primary N) is 2. The predicted octanol–water partition coefficient (Wildman–Crippen LogP) is 7.44. The number of ether oxygens (including phenoxy) is 3. The maximum Gasteiger partial charge on any atom is 0.251 e. The van der Waals surface area contributed by atoms with Gasteiger partial charge in [-0.3, -0.25) is 19.3 Å². The number of nitrogens with zero attached hydrogens (tertiary/aromatic N) is 4. The molecule has 0 radical (unpaired) electrons. The van der Waals surface area contributed by atoms with Gasteiger partial charge in [-0.1, -0.05) is 70.2 Å². The fourth-order valence-corrected chi connectivity index (χ4v) is 12.4. The lowest BCUT2D eigenvalue weighted by atomic mass is 9.77. The average Bonchev–Trinajstić information content (AvgIpc) is 3.70. The highest BCUT2D eigenvalue weighted by Crippen LogP contribution is 2.51. The number of hydrogen-bond donors (Lipinski definition) is 7. The number of rotatable bonds is 11. The number of aliphatic hydroxyl groups excluding tert-OH is 3. The number of fused-ring (bicyclic) bond motifs is 4. The van der Waals surface area contributed by atoms with E-state index in [-0.39, 0.29) is 48.4 Å². The zero-order chi connectivity index (χ0) is 55.3. The summed E-state index contributed by atoms with van der Waals surface area (Å²) in [5.74, 6) is 1.02. The molecule has 410 valence electrons. The van der Waals surface area contributed by atoms with Crippen molar-refractivity contribution >= 4 is 29.6 Å². The van der Waals surface area contributed by atoms with Crippen LogP contribution in [0, 0.1) is 11.8 Å². The van der Waals surface area contributed by atoms with Gasteiger partial charge in [0.25, 0.3) is 11.8 Å². The number of aliphatic hydroxyl groups is 3. The van der Waals surface area contributed by atoms with Gasteiger partial charge in [-0.15, -0.1) is 0 Å². The van der Waals surface area contributed by atoms with Gasteiger partial charge >= 0.3 is 0 Å². The third-order valence-corrected chi connectivity index (χ3v) is 17.9. The third kappa shape index (κ3) is 9.77. The molecule has 6 aliphatic rings. The zero-order valence-electron chi connectivity index (χ0n) is 46.0. The molecule has 3 amide bonds. The first kappa shape index (κ1) is 53.7. The Labute approximate surface area is 451 Å². The maximum atomic E-state index is 14.6. The second-order valence-corrected chi connectivity index (χ2v) is 24.6. The van der Waals surface area contributed by atoms with Crippen molar-refractivity contribution in [3.8, 4) is 17.2 Å². The molecular formula is C60H76N8O9. The van der Waals surface area contributed by atoms with Crippen LogP contribution in [0.4, 0.5) is 0 Å². The van der Waals surface area contributed by atoms with E-state index in [0.717, 1.165) is 11.1 Å². The largest absolute Gasteiger partial charge is 0.487 e. The van der Waals surface area contributed by atoms with Gasteiger partial charge in [0.1, 0.15) is 46.4 Å². The molecule has 9 N–H and O–H groups in total. The van der Waals surface area contributed by atoms with Crippen LogP contribution in [0.1, 0.15) is 180 Å². The Bertz CT molecular complexity index is 3070. The number of guanidine groups is 2. The van der Waals surface area contributed by atoms with Crippen molar-refractivity contribution in [2.75, 3.05) is 0 Å². The van der Waals surface area contributed by atoms with E-state index in [1.807, 2.05) is 104 Å². The molecule has 0 saturated carbocycles. The van der Waals surface area contributed by atoms with Gasteiger partial charge in [-0.2, -0.15) is 0 Å². The van der Waals surface area contributed by atoms with Crippen LogP contribution in [0.3, 0.4) is 0 Å². The monoisotopic (exact) mass is 1050 g/mol. The maximum absolute atomic E-state index is 14.6. The van der Waals surface area contributed by atoms with Gasteiger partial charge in [-0.25, -0.2) is 9.98 Å². The lowest BCUT2D eigenvalue weighted by molar-refractivity contribution is -0.133. The first-order chi connectivity index (χ1) is 36.2. The van der Waals surface area contributed by atoms with Crippen LogP contribution in [-0.2, 0) is 11.2 Å². The van der Waals surface area contributed by atoms with Crippen molar-refractivity contribution in [1.29, 1.82) is 0 Å². The molecule has 5 aliphatic heterocycles. The zero-order valence-corrected chi connectivity index (χ0v) is 46.0. The van der Waals surface area contributed by atoms with Crippen LogP contribution in [0.2, 0.25) is 0 Å². The summed E-state index contributed by atoms with van der Waals surface area (Å²) in [7, 11) is 0. The van der Waals surface area contributed by atoms with Crippen LogP contribution in [0.5, 0.6) is 17.2 Å². The van der Waals surface area contributed by atoms with Crippen molar-refractivity contribution in [2.45, 2.75) is 185 Å². The number of para-hydroxylation sites is 1. The summed E-state index contributed by atoms with van der Waals surface area (Å²) in [6.45, 7) is 19.8. The summed E-state index contributed by atoms with van der Waals surface area (Å²) in [5.41, 5.74) is 13.7. The molecule has 10 rings (SSSR count). The number of benzene rings is 4. The predicted molar refractivity (Wildman–Crippen MR) is 292 cm³/mol. The molecule has 0 fully saturated rings. The minimum Gasteiger partial charge on any atom is -0.487 e. The molecule has 4 aromatic rings. The second kappa shape index (κ2) is 19.3. The molecule has 11 atom stereocenters. The summed E-state index contributed by atoms with van der Waals surface area (Å²) in [6.07, 6.45) is -0.823. The highest BCUT2D eigenvalue weighted by atomic mass is 16.5. The van der Waals surface area contributed by atoms with E-state index >= 15 is 0 Å². The van der Waals surface area contributed by atoms with Crippen molar-refractivity contribution in [3.05, 3.63) is 124 Å². The average molecular weight is 1050 g/mol. The molecule has 0 bridgehead atoms. The Balaban J connectivity index is 0.921. The number of nitrogens with one attached hydrogen (secondary N) is 2. The summed E-state index contributed by atoms with van der Waals surface area (Å²) in [4.78, 5) is 55.8. The molecule has 4 aromatic carbocycles. The van der Waals surface area contributed by atoms with E-state index in [0.29, 0.717) is 77.2 Å². The van der Waals surface area contributed by atoms with E-state index in [9.17, 15) is 29.7 Å². The fraction of sp³-hybridized carbons (Fsp3) is 0.517. The SMILES string of the molecule is CC(C)[C@]1(C)CC(=O)N([C@@H]2CC(C)(C)Oc3ccc(C(=O)N[C@@H]4c5ccccc5OC(C)(CCC5(C)C[C@@H](N6C(N)=N[C@](C)(C(C)C)CC6O)c6cc(C(=O)N[C@@H]7c8ccccc8C[C@H]7O)ccc6O5)[C@H]4O)cc32)C(N)=N1. The Morgan fingerprint density at radius 2 is 1.23 bits per heavy atom. The van der Waals surface area contributed by atoms with Crippen LogP contribution in [0.25, 0.3) is 0 Å². The molecular weight excluding hydrogens is 977 g/mol. The van der Waals surface area contributed by atoms with E-state index in [2.05, 4.69) is 24.5 Å². The Hall–Kier alpha value is -6.69. The first-order valence-corrected chi connectivity index (χ1v) is 27.2. The normalized spacial score (nSPS) is 32.1. The third-order valence-electron chi connectivity index (χ3n) is 17.9. The minimum atomic E-state index is -1.26. The minimum absolute atomic E-state index is 0.0778. The van der Waals surface area contributed by atoms with Crippen molar-refractivity contribution < 1.29 is 43.9 Å². The number of carbonyl (C=O) groups is 3. The van der Waals surface area contributed by atoms with Crippen LogP contribution >= 0.6 is 0 Å². The summed E-state index contributed by atoms with van der Waals surface area (Å²) in [6, 6.07) is 22.8. The number of carbonyl (C=O) groups excluding carboxylic acids is 3. The molecule has 17 nitrogen and oxygen atoms in total. The number of amides is 3. The lowest BCUT2D eigenvalue weighted by Crippen LogP contribution is -2.58. The fourth-order valence-electron chi connectivity index (χ4n) is 12.4. The molecule has 0 aromatic heterocycles. The summed E-state index contributed by atoms with van der Waals surface area (Å²) < 4.78 is 20.1. The van der Waals surface area contributed by atoms with Gasteiger partial charge in [0.05, 0.1) is 47.8 Å². The molecule has 17 heteroatoms. The Morgan fingerprint density at radius 1 is 0.662 bits per heavy atom. The van der Waals surface area contributed by atoms with E-state index in [4.69, 9.17) is 35.7 Å². The van der Waals surface area contributed by atoms with E-state index < -0.39 is 76.4 Å².